The minimum Gasteiger partial charge on any atom is -0.490 e. The number of carbonyl (C=O) groups is 1. The van der Waals surface area contributed by atoms with E-state index in [0.717, 1.165) is 40.3 Å². The van der Waals surface area contributed by atoms with Crippen molar-refractivity contribution < 1.29 is 31.7 Å². The predicted octanol–water partition coefficient (Wildman–Crippen LogP) is 2.29. The van der Waals surface area contributed by atoms with Gasteiger partial charge in [0.05, 0.1) is 11.6 Å². The molecule has 1 aromatic heterocycles. The van der Waals surface area contributed by atoms with Crippen molar-refractivity contribution in [1.29, 1.82) is 0 Å². The molecule has 1 amide bonds. The second kappa shape index (κ2) is 8.06. The zero-order valence-electron chi connectivity index (χ0n) is 17.1. The molecule has 1 fully saturated rings. The fourth-order valence-electron chi connectivity index (χ4n) is 3.10. The third-order valence-corrected chi connectivity index (χ3v) is 4.79. The van der Waals surface area contributed by atoms with Crippen molar-refractivity contribution in [3.05, 3.63) is 36.7 Å². The lowest BCUT2D eigenvalue weighted by molar-refractivity contribution is -0.855. The second-order valence-electron chi connectivity index (χ2n) is 8.16. The van der Waals surface area contributed by atoms with Crippen molar-refractivity contribution in [2.75, 3.05) is 19.3 Å². The van der Waals surface area contributed by atoms with E-state index >= 15 is 0 Å². The summed E-state index contributed by atoms with van der Waals surface area (Å²) in [6.07, 6.45) is 5.32. The van der Waals surface area contributed by atoms with Gasteiger partial charge in [0.25, 0.3) is 0 Å². The van der Waals surface area contributed by atoms with Crippen LogP contribution < -0.4 is 13.8 Å². The Morgan fingerprint density at radius 2 is 1.83 bits per heavy atom. The molecule has 9 heteroatoms. The van der Waals surface area contributed by atoms with Gasteiger partial charge in [-0.15, -0.1) is 4.28 Å². The van der Waals surface area contributed by atoms with Crippen molar-refractivity contribution in [1.82, 2.24) is 4.90 Å². The van der Waals surface area contributed by atoms with Crippen LogP contribution in [0.15, 0.2) is 36.7 Å². The molecule has 0 atom stereocenters. The van der Waals surface area contributed by atoms with Crippen molar-refractivity contribution in [3.63, 3.8) is 0 Å². The van der Waals surface area contributed by atoms with Gasteiger partial charge >= 0.3 is 16.2 Å². The molecule has 0 unspecified atom stereocenters. The third-order valence-electron chi connectivity index (χ3n) is 4.34. The number of likely N-dealkylation sites (tertiary alicyclic amines) is 1. The number of benzene rings is 1. The lowest BCUT2D eigenvalue weighted by Crippen LogP contribution is -2.44. The lowest BCUT2D eigenvalue weighted by Gasteiger charge is -2.33. The summed E-state index contributed by atoms with van der Waals surface area (Å²) in [6.45, 7) is 6.76. The molecule has 1 aliphatic heterocycles. The average molecular weight is 424 g/mol. The molecule has 2 heterocycles. The summed E-state index contributed by atoms with van der Waals surface area (Å²) in [5.41, 5.74) is -0.500. The van der Waals surface area contributed by atoms with Crippen molar-refractivity contribution in [2.45, 2.75) is 45.3 Å². The largest absolute Gasteiger partial charge is 0.490 e. The van der Waals surface area contributed by atoms with E-state index in [1.165, 1.54) is 6.20 Å². The summed E-state index contributed by atoms with van der Waals surface area (Å²) >= 11 is 0. The highest BCUT2D eigenvalue weighted by Crippen LogP contribution is 2.24. The highest BCUT2D eigenvalue weighted by molar-refractivity contribution is 7.86. The van der Waals surface area contributed by atoms with Crippen LogP contribution in [0, 0.1) is 0 Å². The first-order valence-electron chi connectivity index (χ1n) is 9.48. The number of aromatic nitrogens is 1. The van der Waals surface area contributed by atoms with E-state index in [4.69, 9.17) is 13.8 Å². The normalized spacial score (nSPS) is 15.9. The van der Waals surface area contributed by atoms with E-state index in [0.29, 0.717) is 13.1 Å². The quantitative estimate of drug-likeness (QED) is 0.702. The Kier molecular flexibility index (Phi) is 5.88. The zero-order valence-corrected chi connectivity index (χ0v) is 17.9. The van der Waals surface area contributed by atoms with Gasteiger partial charge in [0.2, 0.25) is 12.4 Å². The van der Waals surface area contributed by atoms with E-state index in [2.05, 4.69) is 0 Å². The van der Waals surface area contributed by atoms with Crippen LogP contribution in [0.4, 0.5) is 4.79 Å². The number of carbonyl (C=O) groups excluding carboxylic acids is 1. The molecule has 158 valence electrons. The summed E-state index contributed by atoms with van der Waals surface area (Å²) in [7, 11) is -3.59. The smallest absolute Gasteiger partial charge is 0.410 e. The third kappa shape index (κ3) is 6.22. The number of hydrogen-bond acceptors (Lipinski definition) is 6. The highest BCUT2D eigenvalue weighted by Gasteiger charge is 2.27. The van der Waals surface area contributed by atoms with Crippen molar-refractivity contribution in [3.8, 4) is 5.75 Å². The number of amides is 1. The molecule has 29 heavy (non-hydrogen) atoms. The molecule has 0 N–H and O–H groups in total. The number of rotatable bonds is 4. The maximum absolute atomic E-state index is 12.2. The Labute approximate surface area is 171 Å². The Balaban J connectivity index is 1.60. The monoisotopic (exact) mass is 423 g/mol. The van der Waals surface area contributed by atoms with E-state index < -0.39 is 15.7 Å². The number of fused-ring (bicyclic) bond motifs is 1. The van der Waals surface area contributed by atoms with Gasteiger partial charge in [-0.3, -0.25) is 0 Å². The Bertz CT molecular complexity index is 992. The van der Waals surface area contributed by atoms with Crippen LogP contribution in [0.5, 0.6) is 5.75 Å². The fraction of sp³-hybridized carbons (Fsp3) is 0.500. The molecule has 2 aromatic rings. The topological polar surface area (TPSA) is 86.0 Å². The first kappa shape index (κ1) is 21.2. The second-order valence-corrected chi connectivity index (χ2v) is 9.72. The summed E-state index contributed by atoms with van der Waals surface area (Å²) in [4.78, 5) is 13.9. The zero-order chi connectivity index (χ0) is 21.2. The van der Waals surface area contributed by atoms with E-state index in [1.54, 1.807) is 17.2 Å². The van der Waals surface area contributed by atoms with Crippen LogP contribution in [0.2, 0.25) is 0 Å². The summed E-state index contributed by atoms with van der Waals surface area (Å²) in [5, 5.41) is 1.73. The first-order valence-corrected chi connectivity index (χ1v) is 11.3. The van der Waals surface area contributed by atoms with E-state index in [9.17, 15) is 13.2 Å². The minimum atomic E-state index is -3.59. The van der Waals surface area contributed by atoms with Gasteiger partial charge in [-0.05, 0) is 44.4 Å². The van der Waals surface area contributed by atoms with Crippen LogP contribution in [0.25, 0.3) is 10.8 Å². The van der Waals surface area contributed by atoms with Crippen LogP contribution in [0.3, 0.4) is 0 Å². The maximum atomic E-state index is 12.2. The lowest BCUT2D eigenvalue weighted by atomic mass is 10.1. The van der Waals surface area contributed by atoms with Gasteiger partial charge < -0.3 is 14.4 Å². The average Bonchev–Trinajstić information content (AvgIpc) is 2.59. The van der Waals surface area contributed by atoms with Gasteiger partial charge in [0.1, 0.15) is 17.5 Å². The van der Waals surface area contributed by atoms with Gasteiger partial charge in [-0.25, -0.2) is 4.79 Å². The highest BCUT2D eigenvalue weighted by atomic mass is 32.2. The molecule has 0 bridgehead atoms. The number of hydrogen-bond donors (Lipinski definition) is 0. The first-order chi connectivity index (χ1) is 13.5. The van der Waals surface area contributed by atoms with Crippen molar-refractivity contribution in [2.24, 2.45) is 0 Å². The molecule has 0 spiro atoms. The molecular formula is C20H27N2O6S+. The van der Waals surface area contributed by atoms with Crippen LogP contribution in [0.1, 0.15) is 33.6 Å². The predicted molar refractivity (Wildman–Crippen MR) is 107 cm³/mol. The SMILES string of the molecule is CC(C)(C)OC(=O)N1CCC(Oc2ccc3c[n+](OS(C)(=O)=O)ccc3c2)CC1. The Morgan fingerprint density at radius 1 is 1.14 bits per heavy atom. The van der Waals surface area contributed by atoms with Crippen molar-refractivity contribution >= 4 is 27.0 Å². The molecule has 0 saturated carbocycles. The van der Waals surface area contributed by atoms with E-state index in [1.807, 2.05) is 39.0 Å². The van der Waals surface area contributed by atoms with Crippen LogP contribution >= 0.6 is 0 Å². The number of ether oxygens (including phenoxy) is 2. The number of nitrogens with zero attached hydrogens (tertiary/aromatic N) is 2. The van der Waals surface area contributed by atoms with Crippen LogP contribution in [-0.4, -0.2) is 50.5 Å². The number of pyridine rings is 1. The van der Waals surface area contributed by atoms with Gasteiger partial charge in [0, 0.05) is 36.7 Å². The molecule has 1 aliphatic rings. The molecule has 0 radical (unpaired) electrons. The Hall–Kier alpha value is -2.55. The van der Waals surface area contributed by atoms with Gasteiger partial charge in [-0.2, -0.15) is 8.42 Å². The Morgan fingerprint density at radius 3 is 2.45 bits per heavy atom. The fourth-order valence-corrected chi connectivity index (χ4v) is 3.51. The standard InChI is InChI=1S/C20H27N2O6S/c1-20(2,3)27-19(23)21-10-8-17(9-11-21)26-18-6-5-16-14-22(28-29(4,24)25)12-7-15(16)13-18/h5-7,12-14,17H,8-11H2,1-4H3/q+1. The van der Waals surface area contributed by atoms with Gasteiger partial charge in [-0.1, -0.05) is 0 Å². The molecular weight excluding hydrogens is 396 g/mol. The number of piperidine rings is 1. The van der Waals surface area contributed by atoms with Gasteiger partial charge in [0.15, 0.2) is 0 Å². The molecule has 8 nitrogen and oxygen atoms in total. The molecule has 0 aliphatic carbocycles. The molecule has 3 rings (SSSR count). The summed E-state index contributed by atoms with van der Waals surface area (Å²) in [5.74, 6) is 0.731. The van der Waals surface area contributed by atoms with Crippen LogP contribution in [-0.2, 0) is 14.9 Å². The minimum absolute atomic E-state index is 0.0216. The molecule has 1 saturated heterocycles. The van der Waals surface area contributed by atoms with E-state index in [-0.39, 0.29) is 12.2 Å². The summed E-state index contributed by atoms with van der Waals surface area (Å²) < 4.78 is 40.0. The summed E-state index contributed by atoms with van der Waals surface area (Å²) in [6, 6.07) is 7.36. The molecule has 1 aromatic carbocycles. The maximum Gasteiger partial charge on any atom is 0.410 e.